The summed E-state index contributed by atoms with van der Waals surface area (Å²) in [5, 5.41) is 17.1. The second-order valence-electron chi connectivity index (χ2n) is 11.2. The zero-order chi connectivity index (χ0) is 33.3. The maximum absolute atomic E-state index is 14.4. The number of carbonyl (C=O) groups is 2. The van der Waals surface area contributed by atoms with Gasteiger partial charge < -0.3 is 10.4 Å². The van der Waals surface area contributed by atoms with E-state index in [4.69, 9.17) is 0 Å². The molecule has 47 heavy (non-hydrogen) atoms. The van der Waals surface area contributed by atoms with Gasteiger partial charge in [0.05, 0.1) is 41.0 Å². The third-order valence-electron chi connectivity index (χ3n) is 7.94. The number of carboxylic acid groups (broad SMARTS) is 1. The standard InChI is InChI=1S/C37H27F4N3O3/c1-22(24-11-13-27(14-12-24)36(46)47)43-35(45)33-18-28(29-16-31(37(39,40)41)19-32(38)17-29)15-30-20-42-44(34(30)33)21-23-7-9-26(10-8-23)25-5-3-2-4-6-25/h2-20,22H,21H2,1H3,(H,43,45)(H,46,47)/t22-/m0/s1. The first-order valence-corrected chi connectivity index (χ1v) is 14.6. The van der Waals surface area contributed by atoms with Gasteiger partial charge in [-0.15, -0.1) is 0 Å². The molecule has 1 heterocycles. The van der Waals surface area contributed by atoms with E-state index in [2.05, 4.69) is 10.4 Å². The molecular weight excluding hydrogens is 610 g/mol. The summed E-state index contributed by atoms with van der Waals surface area (Å²) in [6, 6.07) is 28.5. The second kappa shape index (κ2) is 12.6. The molecule has 236 valence electrons. The van der Waals surface area contributed by atoms with Crippen LogP contribution in [-0.2, 0) is 12.7 Å². The number of nitrogens with zero attached hydrogens (tertiary/aromatic N) is 2. The molecule has 2 N–H and O–H groups in total. The Labute approximate surface area is 266 Å². The van der Waals surface area contributed by atoms with E-state index in [1.807, 2.05) is 54.6 Å². The molecular formula is C37H27F4N3O3. The molecule has 0 saturated carbocycles. The Morgan fingerprint density at radius 1 is 0.830 bits per heavy atom. The topological polar surface area (TPSA) is 84.2 Å². The molecule has 1 atom stereocenters. The van der Waals surface area contributed by atoms with Gasteiger partial charge in [-0.3, -0.25) is 9.48 Å². The lowest BCUT2D eigenvalue weighted by Gasteiger charge is -2.17. The minimum absolute atomic E-state index is 0.0465. The monoisotopic (exact) mass is 637 g/mol. The van der Waals surface area contributed by atoms with Gasteiger partial charge in [0, 0.05) is 5.39 Å². The van der Waals surface area contributed by atoms with E-state index < -0.39 is 35.5 Å². The summed E-state index contributed by atoms with van der Waals surface area (Å²) in [5.74, 6) is -2.68. The molecule has 1 aromatic heterocycles. The van der Waals surface area contributed by atoms with Gasteiger partial charge >= 0.3 is 12.1 Å². The number of nitrogens with one attached hydrogen (secondary N) is 1. The minimum Gasteiger partial charge on any atom is -0.478 e. The van der Waals surface area contributed by atoms with E-state index in [1.165, 1.54) is 24.4 Å². The van der Waals surface area contributed by atoms with Crippen LogP contribution in [0.1, 0.15) is 50.4 Å². The molecule has 5 aromatic carbocycles. The van der Waals surface area contributed by atoms with Crippen LogP contribution in [0.5, 0.6) is 0 Å². The summed E-state index contributed by atoms with van der Waals surface area (Å²) >= 11 is 0. The molecule has 0 saturated heterocycles. The number of carboxylic acids is 1. The number of fused-ring (bicyclic) bond motifs is 1. The summed E-state index contributed by atoms with van der Waals surface area (Å²) < 4.78 is 56.7. The number of aromatic nitrogens is 2. The summed E-state index contributed by atoms with van der Waals surface area (Å²) in [6.07, 6.45) is -3.25. The highest BCUT2D eigenvalue weighted by Crippen LogP contribution is 2.35. The van der Waals surface area contributed by atoms with E-state index in [0.717, 1.165) is 28.8 Å². The molecule has 0 radical (unpaired) electrons. The number of amides is 1. The molecule has 6 nitrogen and oxygen atoms in total. The lowest BCUT2D eigenvalue weighted by atomic mass is 9.97. The normalized spacial score (nSPS) is 12.2. The maximum Gasteiger partial charge on any atom is 0.416 e. The number of carbonyl (C=O) groups excluding carboxylic acids is 1. The Morgan fingerprint density at radius 2 is 1.49 bits per heavy atom. The maximum atomic E-state index is 14.4. The van der Waals surface area contributed by atoms with Crippen molar-refractivity contribution >= 4 is 22.8 Å². The Morgan fingerprint density at radius 3 is 2.15 bits per heavy atom. The van der Waals surface area contributed by atoms with Crippen molar-refractivity contribution in [3.05, 3.63) is 149 Å². The largest absolute Gasteiger partial charge is 0.478 e. The van der Waals surface area contributed by atoms with E-state index in [1.54, 1.807) is 29.8 Å². The molecule has 0 unspecified atom stereocenters. The van der Waals surface area contributed by atoms with Crippen LogP contribution < -0.4 is 5.32 Å². The van der Waals surface area contributed by atoms with Gasteiger partial charge in [-0.25, -0.2) is 9.18 Å². The summed E-state index contributed by atoms with van der Waals surface area (Å²) in [4.78, 5) is 25.2. The molecule has 0 aliphatic heterocycles. The summed E-state index contributed by atoms with van der Waals surface area (Å²) in [7, 11) is 0. The minimum atomic E-state index is -4.77. The fourth-order valence-corrected chi connectivity index (χ4v) is 5.49. The Hall–Kier alpha value is -5.77. The molecule has 0 aliphatic rings. The van der Waals surface area contributed by atoms with Crippen molar-refractivity contribution in [2.45, 2.75) is 25.7 Å². The number of alkyl halides is 3. The fraction of sp³-hybridized carbons (Fsp3) is 0.108. The van der Waals surface area contributed by atoms with E-state index in [0.29, 0.717) is 29.1 Å². The summed E-state index contributed by atoms with van der Waals surface area (Å²) in [6.45, 7) is 2.02. The first kappa shape index (κ1) is 31.2. The van der Waals surface area contributed by atoms with E-state index in [9.17, 15) is 32.3 Å². The third-order valence-corrected chi connectivity index (χ3v) is 7.94. The van der Waals surface area contributed by atoms with Crippen molar-refractivity contribution in [3.8, 4) is 22.3 Å². The van der Waals surface area contributed by atoms with Gasteiger partial charge in [0.2, 0.25) is 0 Å². The molecule has 6 aromatic rings. The average molecular weight is 638 g/mol. The zero-order valence-electron chi connectivity index (χ0n) is 24.9. The average Bonchev–Trinajstić information content (AvgIpc) is 3.46. The summed E-state index contributed by atoms with van der Waals surface area (Å²) in [5.41, 5.74) is 3.31. The third kappa shape index (κ3) is 6.76. The highest BCUT2D eigenvalue weighted by molar-refractivity contribution is 6.07. The number of rotatable bonds is 8. The van der Waals surface area contributed by atoms with Gasteiger partial charge in [0.25, 0.3) is 5.91 Å². The van der Waals surface area contributed by atoms with Gasteiger partial charge in [0.1, 0.15) is 5.82 Å². The highest BCUT2D eigenvalue weighted by atomic mass is 19.4. The number of hydrogen-bond acceptors (Lipinski definition) is 3. The first-order valence-electron chi connectivity index (χ1n) is 14.6. The van der Waals surface area contributed by atoms with E-state index in [-0.39, 0.29) is 22.3 Å². The Bertz CT molecular complexity index is 2090. The van der Waals surface area contributed by atoms with Crippen molar-refractivity contribution in [3.63, 3.8) is 0 Å². The molecule has 0 bridgehead atoms. The molecule has 0 spiro atoms. The van der Waals surface area contributed by atoms with Gasteiger partial charge in [-0.2, -0.15) is 18.3 Å². The Kier molecular flexibility index (Phi) is 8.34. The molecule has 10 heteroatoms. The quantitative estimate of drug-likeness (QED) is 0.164. The van der Waals surface area contributed by atoms with Gasteiger partial charge in [0.15, 0.2) is 0 Å². The second-order valence-corrected chi connectivity index (χ2v) is 11.2. The fourth-order valence-electron chi connectivity index (χ4n) is 5.49. The molecule has 6 rings (SSSR count). The van der Waals surface area contributed by atoms with Crippen molar-refractivity contribution < 1.29 is 32.3 Å². The number of benzene rings is 5. The predicted molar refractivity (Wildman–Crippen MR) is 170 cm³/mol. The first-order chi connectivity index (χ1) is 22.5. The SMILES string of the molecule is C[C@H](NC(=O)c1cc(-c2cc(F)cc(C(F)(F)F)c2)cc2cnn(Cc3ccc(-c4ccccc4)cc3)c12)c1ccc(C(=O)O)cc1. The van der Waals surface area contributed by atoms with Crippen LogP contribution in [0.4, 0.5) is 17.6 Å². The predicted octanol–water partition coefficient (Wildman–Crippen LogP) is 8.77. The van der Waals surface area contributed by atoms with E-state index >= 15 is 0 Å². The molecule has 1 amide bonds. The smallest absolute Gasteiger partial charge is 0.416 e. The number of aromatic carboxylic acids is 1. The van der Waals surface area contributed by atoms with Crippen LogP contribution in [0.3, 0.4) is 0 Å². The van der Waals surface area contributed by atoms with Crippen LogP contribution in [0.25, 0.3) is 33.2 Å². The van der Waals surface area contributed by atoms with Crippen molar-refractivity contribution in [2.75, 3.05) is 0 Å². The van der Waals surface area contributed by atoms with Crippen LogP contribution in [-0.4, -0.2) is 26.8 Å². The van der Waals surface area contributed by atoms with Crippen LogP contribution >= 0.6 is 0 Å². The number of hydrogen-bond donors (Lipinski definition) is 2. The van der Waals surface area contributed by atoms with Crippen LogP contribution in [0, 0.1) is 5.82 Å². The lowest BCUT2D eigenvalue weighted by molar-refractivity contribution is -0.137. The van der Waals surface area contributed by atoms with Crippen LogP contribution in [0.2, 0.25) is 0 Å². The molecule has 0 aliphatic carbocycles. The zero-order valence-corrected chi connectivity index (χ0v) is 24.9. The van der Waals surface area contributed by atoms with Crippen molar-refractivity contribution in [1.82, 2.24) is 15.1 Å². The van der Waals surface area contributed by atoms with Crippen molar-refractivity contribution in [1.29, 1.82) is 0 Å². The Balaban J connectivity index is 1.40. The van der Waals surface area contributed by atoms with Crippen molar-refractivity contribution in [2.24, 2.45) is 0 Å². The number of halogens is 4. The highest BCUT2D eigenvalue weighted by Gasteiger charge is 2.31. The van der Waals surface area contributed by atoms with Gasteiger partial charge in [-0.05, 0) is 82.8 Å². The lowest BCUT2D eigenvalue weighted by Crippen LogP contribution is -2.27. The molecule has 0 fully saturated rings. The van der Waals surface area contributed by atoms with Crippen LogP contribution in [0.15, 0.2) is 115 Å². The van der Waals surface area contributed by atoms with Gasteiger partial charge in [-0.1, -0.05) is 66.7 Å².